The van der Waals surface area contributed by atoms with Crippen LogP contribution in [0, 0.1) is 6.92 Å². The zero-order chi connectivity index (χ0) is 11.1. The second kappa shape index (κ2) is 3.29. The lowest BCUT2D eigenvalue weighted by Crippen LogP contribution is -2.10. The van der Waals surface area contributed by atoms with Crippen molar-refractivity contribution in [2.24, 2.45) is 0 Å². The molecule has 0 unspecified atom stereocenters. The molecule has 1 aromatic heterocycles. The van der Waals surface area contributed by atoms with Crippen LogP contribution in [-0.2, 0) is 5.92 Å². The second-order valence-corrected chi connectivity index (χ2v) is 3.47. The van der Waals surface area contributed by atoms with Gasteiger partial charge in [0.2, 0.25) is 0 Å². The molecule has 0 N–H and O–H groups in total. The van der Waals surface area contributed by atoms with Gasteiger partial charge in [0.05, 0.1) is 0 Å². The topological polar surface area (TPSA) is 26.0 Å². The lowest BCUT2D eigenvalue weighted by molar-refractivity contribution is -0.00822. The molecule has 0 fully saturated rings. The minimum absolute atomic E-state index is 0.0198. The number of nitrogens with zero attached hydrogens (tertiary/aromatic N) is 1. The van der Waals surface area contributed by atoms with Gasteiger partial charge in [0.1, 0.15) is 5.52 Å². The number of rotatable bonds is 2. The van der Waals surface area contributed by atoms with E-state index in [-0.39, 0.29) is 12.0 Å². The monoisotopic (exact) mass is 211 g/mol. The molecule has 0 radical (unpaired) electrons. The van der Waals surface area contributed by atoms with Crippen LogP contribution < -0.4 is 0 Å². The Hall–Kier alpha value is -1.45. The Morgan fingerprint density at radius 2 is 2.13 bits per heavy atom. The van der Waals surface area contributed by atoms with Crippen LogP contribution in [0.15, 0.2) is 22.6 Å². The Morgan fingerprint density at radius 1 is 1.40 bits per heavy atom. The molecular formula is C11H11F2NO. The first-order valence-corrected chi connectivity index (χ1v) is 4.78. The molecule has 0 amide bonds. The molecule has 0 atom stereocenters. The van der Waals surface area contributed by atoms with Gasteiger partial charge in [-0.1, -0.05) is 13.0 Å². The molecule has 2 rings (SSSR count). The van der Waals surface area contributed by atoms with Crippen LogP contribution in [-0.4, -0.2) is 4.98 Å². The van der Waals surface area contributed by atoms with E-state index < -0.39 is 5.92 Å². The average molecular weight is 211 g/mol. The normalized spacial score (nSPS) is 12.3. The highest BCUT2D eigenvalue weighted by Gasteiger charge is 2.29. The maximum Gasteiger partial charge on any atom is 0.273 e. The van der Waals surface area contributed by atoms with Crippen molar-refractivity contribution in [3.8, 4) is 0 Å². The standard InChI is InChI=1S/C11H11F2NO/c1-3-11(12,13)8-4-5-9-10(6-8)15-7(2)14-9/h4-6H,3H2,1-2H3. The largest absolute Gasteiger partial charge is 0.441 e. The first-order chi connectivity index (χ1) is 7.03. The number of aromatic nitrogens is 1. The van der Waals surface area contributed by atoms with E-state index >= 15 is 0 Å². The van der Waals surface area contributed by atoms with E-state index in [1.165, 1.54) is 19.1 Å². The van der Waals surface area contributed by atoms with E-state index in [1.54, 1.807) is 13.0 Å². The molecule has 2 aromatic rings. The predicted molar refractivity (Wildman–Crippen MR) is 52.9 cm³/mol. The third-order valence-electron chi connectivity index (χ3n) is 2.36. The van der Waals surface area contributed by atoms with Crippen LogP contribution in [0.5, 0.6) is 0 Å². The van der Waals surface area contributed by atoms with E-state index in [0.29, 0.717) is 17.0 Å². The number of hydrogen-bond donors (Lipinski definition) is 0. The summed E-state index contributed by atoms with van der Waals surface area (Å²) in [5.74, 6) is -2.31. The van der Waals surface area contributed by atoms with Gasteiger partial charge >= 0.3 is 0 Å². The maximum atomic E-state index is 13.4. The summed E-state index contributed by atoms with van der Waals surface area (Å²) < 4.78 is 31.9. The van der Waals surface area contributed by atoms with Gasteiger partial charge in [-0.25, -0.2) is 13.8 Å². The predicted octanol–water partition coefficient (Wildman–Crippen LogP) is 3.64. The van der Waals surface area contributed by atoms with Crippen LogP contribution >= 0.6 is 0 Å². The van der Waals surface area contributed by atoms with E-state index in [0.717, 1.165) is 0 Å². The first kappa shape index (κ1) is 10.1. The van der Waals surface area contributed by atoms with Crippen molar-refractivity contribution >= 4 is 11.1 Å². The molecule has 0 aliphatic rings. The van der Waals surface area contributed by atoms with E-state index in [9.17, 15) is 8.78 Å². The van der Waals surface area contributed by atoms with Crippen molar-refractivity contribution in [2.75, 3.05) is 0 Å². The van der Waals surface area contributed by atoms with Gasteiger partial charge in [0.25, 0.3) is 5.92 Å². The Balaban J connectivity index is 2.55. The van der Waals surface area contributed by atoms with Crippen molar-refractivity contribution in [3.05, 3.63) is 29.7 Å². The Bertz CT molecular complexity index is 490. The third-order valence-corrected chi connectivity index (χ3v) is 2.36. The fraction of sp³-hybridized carbons (Fsp3) is 0.364. The molecular weight excluding hydrogens is 200 g/mol. The van der Waals surface area contributed by atoms with Crippen LogP contribution in [0.1, 0.15) is 24.8 Å². The maximum absolute atomic E-state index is 13.4. The average Bonchev–Trinajstić information content (AvgIpc) is 2.56. The number of alkyl halides is 2. The molecule has 0 aliphatic heterocycles. The number of aryl methyl sites for hydroxylation is 1. The summed E-state index contributed by atoms with van der Waals surface area (Å²) in [5.41, 5.74) is 1.01. The zero-order valence-electron chi connectivity index (χ0n) is 8.55. The highest BCUT2D eigenvalue weighted by molar-refractivity contribution is 5.73. The molecule has 2 nitrogen and oxygen atoms in total. The highest BCUT2D eigenvalue weighted by atomic mass is 19.3. The highest BCUT2D eigenvalue weighted by Crippen LogP contribution is 2.33. The number of oxazole rings is 1. The Labute approximate surface area is 85.9 Å². The van der Waals surface area contributed by atoms with E-state index in [2.05, 4.69) is 4.98 Å². The molecule has 15 heavy (non-hydrogen) atoms. The molecule has 0 saturated carbocycles. The van der Waals surface area contributed by atoms with Gasteiger partial charge in [-0.2, -0.15) is 0 Å². The van der Waals surface area contributed by atoms with Gasteiger partial charge < -0.3 is 4.42 Å². The molecule has 0 saturated heterocycles. The fourth-order valence-corrected chi connectivity index (χ4v) is 1.47. The molecule has 4 heteroatoms. The SMILES string of the molecule is CCC(F)(F)c1ccc2nc(C)oc2c1. The van der Waals surface area contributed by atoms with E-state index in [1.807, 2.05) is 0 Å². The first-order valence-electron chi connectivity index (χ1n) is 4.78. The summed E-state index contributed by atoms with van der Waals surface area (Å²) in [6, 6.07) is 4.32. The van der Waals surface area contributed by atoms with E-state index in [4.69, 9.17) is 4.42 Å². The van der Waals surface area contributed by atoms with Crippen molar-refractivity contribution in [1.82, 2.24) is 4.98 Å². The van der Waals surface area contributed by atoms with Crippen LogP contribution in [0.2, 0.25) is 0 Å². The van der Waals surface area contributed by atoms with Gasteiger partial charge in [-0.15, -0.1) is 0 Å². The lowest BCUT2D eigenvalue weighted by Gasteiger charge is -2.13. The molecule has 1 heterocycles. The molecule has 0 aliphatic carbocycles. The summed E-state index contributed by atoms with van der Waals surface area (Å²) >= 11 is 0. The van der Waals surface area contributed by atoms with Gasteiger partial charge in [-0.05, 0) is 12.1 Å². The number of fused-ring (bicyclic) bond motifs is 1. The van der Waals surface area contributed by atoms with Crippen molar-refractivity contribution in [2.45, 2.75) is 26.2 Å². The van der Waals surface area contributed by atoms with Gasteiger partial charge in [-0.3, -0.25) is 0 Å². The number of hydrogen-bond acceptors (Lipinski definition) is 2. The minimum Gasteiger partial charge on any atom is -0.441 e. The van der Waals surface area contributed by atoms with Gasteiger partial charge in [0, 0.05) is 18.9 Å². The molecule has 0 spiro atoms. The number of halogens is 2. The zero-order valence-corrected chi connectivity index (χ0v) is 8.55. The fourth-order valence-electron chi connectivity index (χ4n) is 1.47. The third kappa shape index (κ3) is 1.71. The Kier molecular flexibility index (Phi) is 2.21. The summed E-state index contributed by atoms with van der Waals surface area (Å²) in [7, 11) is 0. The van der Waals surface area contributed by atoms with Gasteiger partial charge in [0.15, 0.2) is 11.5 Å². The molecule has 0 bridgehead atoms. The lowest BCUT2D eigenvalue weighted by atomic mass is 10.1. The molecule has 1 aromatic carbocycles. The van der Waals surface area contributed by atoms with Crippen molar-refractivity contribution < 1.29 is 13.2 Å². The summed E-state index contributed by atoms with van der Waals surface area (Å²) in [4.78, 5) is 4.05. The molecule has 80 valence electrons. The van der Waals surface area contributed by atoms with Crippen molar-refractivity contribution in [1.29, 1.82) is 0 Å². The smallest absolute Gasteiger partial charge is 0.273 e. The second-order valence-electron chi connectivity index (χ2n) is 3.47. The van der Waals surface area contributed by atoms with Crippen LogP contribution in [0.4, 0.5) is 8.78 Å². The Morgan fingerprint density at radius 3 is 2.80 bits per heavy atom. The van der Waals surface area contributed by atoms with Crippen LogP contribution in [0.25, 0.3) is 11.1 Å². The summed E-state index contributed by atoms with van der Waals surface area (Å²) in [6.45, 7) is 3.15. The summed E-state index contributed by atoms with van der Waals surface area (Å²) in [5, 5.41) is 0. The van der Waals surface area contributed by atoms with Crippen molar-refractivity contribution in [3.63, 3.8) is 0 Å². The number of benzene rings is 1. The quantitative estimate of drug-likeness (QED) is 0.757. The minimum atomic E-state index is -2.80. The van der Waals surface area contributed by atoms with Crippen LogP contribution in [0.3, 0.4) is 0 Å². The summed E-state index contributed by atoms with van der Waals surface area (Å²) in [6.07, 6.45) is -0.217.